The summed E-state index contributed by atoms with van der Waals surface area (Å²) in [5.74, 6) is 1.04. The van der Waals surface area contributed by atoms with Gasteiger partial charge in [0.25, 0.3) is 0 Å². The summed E-state index contributed by atoms with van der Waals surface area (Å²) >= 11 is 0. The van der Waals surface area contributed by atoms with Gasteiger partial charge < -0.3 is 5.32 Å². The summed E-state index contributed by atoms with van der Waals surface area (Å²) < 4.78 is 0. The zero-order valence-corrected chi connectivity index (χ0v) is 9.63. The van der Waals surface area contributed by atoms with Crippen LogP contribution in [0.15, 0.2) is 0 Å². The van der Waals surface area contributed by atoms with Crippen molar-refractivity contribution < 1.29 is 0 Å². The van der Waals surface area contributed by atoms with Gasteiger partial charge in [0.2, 0.25) is 0 Å². The van der Waals surface area contributed by atoms with Gasteiger partial charge in [-0.25, -0.2) is 0 Å². The van der Waals surface area contributed by atoms with E-state index in [1.165, 1.54) is 45.3 Å². The summed E-state index contributed by atoms with van der Waals surface area (Å²) in [6.07, 6.45) is 5.66. The van der Waals surface area contributed by atoms with E-state index in [0.717, 1.165) is 12.0 Å². The molecule has 2 aliphatic rings. The van der Waals surface area contributed by atoms with Crippen LogP contribution in [0.4, 0.5) is 0 Å². The summed E-state index contributed by atoms with van der Waals surface area (Å²) in [4.78, 5) is 2.74. The normalized spacial score (nSPS) is 34.7. The second-order valence-electron chi connectivity index (χ2n) is 5.15. The molecule has 0 aromatic carbocycles. The molecule has 82 valence electrons. The Morgan fingerprint density at radius 1 is 1.36 bits per heavy atom. The van der Waals surface area contributed by atoms with Crippen molar-refractivity contribution in [1.29, 1.82) is 0 Å². The maximum absolute atomic E-state index is 3.60. The predicted molar refractivity (Wildman–Crippen MR) is 60.5 cm³/mol. The van der Waals surface area contributed by atoms with E-state index >= 15 is 0 Å². The van der Waals surface area contributed by atoms with E-state index in [1.807, 2.05) is 0 Å². The third-order valence-electron chi connectivity index (χ3n) is 3.54. The van der Waals surface area contributed by atoms with Crippen molar-refractivity contribution >= 4 is 0 Å². The molecule has 0 radical (unpaired) electrons. The number of nitrogens with one attached hydrogen (secondary N) is 1. The van der Waals surface area contributed by atoms with Crippen LogP contribution in [0.5, 0.6) is 0 Å². The molecule has 1 saturated heterocycles. The second-order valence-corrected chi connectivity index (χ2v) is 5.15. The first-order valence-corrected chi connectivity index (χ1v) is 6.27. The Bertz CT molecular complexity index is 175. The lowest BCUT2D eigenvalue weighted by Gasteiger charge is -2.39. The average Bonchev–Trinajstić information content (AvgIpc) is 2.94. The van der Waals surface area contributed by atoms with Crippen molar-refractivity contribution in [3.8, 4) is 0 Å². The predicted octanol–water partition coefficient (Wildman–Crippen LogP) is 1.86. The maximum Gasteiger partial charge on any atom is 0.0221 e. The molecule has 1 aliphatic heterocycles. The van der Waals surface area contributed by atoms with E-state index in [4.69, 9.17) is 0 Å². The van der Waals surface area contributed by atoms with Gasteiger partial charge in [-0.2, -0.15) is 0 Å². The zero-order chi connectivity index (χ0) is 9.97. The highest BCUT2D eigenvalue weighted by Gasteiger charge is 2.30. The van der Waals surface area contributed by atoms with Crippen LogP contribution < -0.4 is 5.32 Å². The number of rotatable bonds is 4. The van der Waals surface area contributed by atoms with Gasteiger partial charge >= 0.3 is 0 Å². The monoisotopic (exact) mass is 196 g/mol. The Hall–Kier alpha value is -0.0800. The Morgan fingerprint density at radius 2 is 2.14 bits per heavy atom. The van der Waals surface area contributed by atoms with Crippen molar-refractivity contribution in [3.63, 3.8) is 0 Å². The van der Waals surface area contributed by atoms with E-state index in [0.29, 0.717) is 6.04 Å². The second kappa shape index (κ2) is 4.63. The first-order valence-electron chi connectivity index (χ1n) is 6.27. The Labute approximate surface area is 88.1 Å². The molecule has 2 heteroatoms. The number of piperazine rings is 1. The number of hydrogen-bond donors (Lipinski definition) is 1. The van der Waals surface area contributed by atoms with Crippen LogP contribution in [0.2, 0.25) is 0 Å². The fraction of sp³-hybridized carbons (Fsp3) is 1.00. The molecule has 1 aliphatic carbocycles. The van der Waals surface area contributed by atoms with E-state index in [1.54, 1.807) is 0 Å². The molecule has 2 atom stereocenters. The lowest BCUT2D eigenvalue weighted by molar-refractivity contribution is 0.122. The fourth-order valence-electron chi connectivity index (χ4n) is 2.51. The van der Waals surface area contributed by atoms with Crippen LogP contribution in [-0.4, -0.2) is 36.6 Å². The van der Waals surface area contributed by atoms with Crippen molar-refractivity contribution in [2.75, 3.05) is 19.6 Å². The van der Waals surface area contributed by atoms with Crippen LogP contribution in [-0.2, 0) is 0 Å². The van der Waals surface area contributed by atoms with Gasteiger partial charge in [-0.1, -0.05) is 13.3 Å². The fourth-order valence-corrected chi connectivity index (χ4v) is 2.51. The Kier molecular flexibility index (Phi) is 3.45. The van der Waals surface area contributed by atoms with Gasteiger partial charge in [-0.05, 0) is 32.1 Å². The quantitative estimate of drug-likeness (QED) is 0.738. The highest BCUT2D eigenvalue weighted by Crippen LogP contribution is 2.31. The first-order chi connectivity index (χ1) is 6.79. The minimum absolute atomic E-state index is 0.696. The lowest BCUT2D eigenvalue weighted by Crippen LogP contribution is -2.55. The van der Waals surface area contributed by atoms with Crippen LogP contribution in [0.3, 0.4) is 0 Å². The standard InChI is InChI=1S/C12H24N2/c1-3-4-12-7-13-10(2)8-14(12)9-11-5-6-11/h10-13H,3-9H2,1-2H3. The van der Waals surface area contributed by atoms with Gasteiger partial charge in [0.05, 0.1) is 0 Å². The van der Waals surface area contributed by atoms with Crippen LogP contribution >= 0.6 is 0 Å². The smallest absolute Gasteiger partial charge is 0.0221 e. The minimum atomic E-state index is 0.696. The Morgan fingerprint density at radius 3 is 2.79 bits per heavy atom. The van der Waals surface area contributed by atoms with E-state index in [9.17, 15) is 0 Å². The molecule has 2 rings (SSSR count). The molecule has 1 saturated carbocycles. The molecule has 0 amide bonds. The highest BCUT2D eigenvalue weighted by molar-refractivity contribution is 4.87. The molecule has 1 heterocycles. The summed E-state index contributed by atoms with van der Waals surface area (Å²) in [6, 6.07) is 1.51. The van der Waals surface area contributed by atoms with Gasteiger partial charge in [-0.3, -0.25) is 4.90 Å². The molecule has 1 N–H and O–H groups in total. The van der Waals surface area contributed by atoms with Crippen LogP contribution in [0, 0.1) is 5.92 Å². The zero-order valence-electron chi connectivity index (χ0n) is 9.63. The van der Waals surface area contributed by atoms with E-state index in [2.05, 4.69) is 24.1 Å². The van der Waals surface area contributed by atoms with Gasteiger partial charge in [-0.15, -0.1) is 0 Å². The molecule has 0 aromatic heterocycles. The molecule has 2 unspecified atom stereocenters. The molecule has 2 fully saturated rings. The van der Waals surface area contributed by atoms with Gasteiger partial charge in [0, 0.05) is 31.7 Å². The van der Waals surface area contributed by atoms with Crippen molar-refractivity contribution in [1.82, 2.24) is 10.2 Å². The Balaban J connectivity index is 1.84. The van der Waals surface area contributed by atoms with Crippen LogP contribution in [0.25, 0.3) is 0 Å². The average molecular weight is 196 g/mol. The molecule has 0 bridgehead atoms. The van der Waals surface area contributed by atoms with Gasteiger partial charge in [0.1, 0.15) is 0 Å². The third-order valence-corrected chi connectivity index (χ3v) is 3.54. The lowest BCUT2D eigenvalue weighted by atomic mass is 10.0. The summed E-state index contributed by atoms with van der Waals surface area (Å²) in [5.41, 5.74) is 0. The summed E-state index contributed by atoms with van der Waals surface area (Å²) in [6.45, 7) is 8.45. The van der Waals surface area contributed by atoms with Gasteiger partial charge in [0.15, 0.2) is 0 Å². The minimum Gasteiger partial charge on any atom is -0.311 e. The topological polar surface area (TPSA) is 15.3 Å². The largest absolute Gasteiger partial charge is 0.311 e. The summed E-state index contributed by atoms with van der Waals surface area (Å²) in [5, 5.41) is 3.60. The van der Waals surface area contributed by atoms with E-state index < -0.39 is 0 Å². The van der Waals surface area contributed by atoms with E-state index in [-0.39, 0.29) is 0 Å². The van der Waals surface area contributed by atoms with Crippen molar-refractivity contribution in [2.45, 2.75) is 51.6 Å². The maximum atomic E-state index is 3.60. The third kappa shape index (κ3) is 2.71. The number of nitrogens with zero attached hydrogens (tertiary/aromatic N) is 1. The van der Waals surface area contributed by atoms with Crippen molar-refractivity contribution in [3.05, 3.63) is 0 Å². The highest BCUT2D eigenvalue weighted by atomic mass is 15.2. The number of hydrogen-bond acceptors (Lipinski definition) is 2. The van der Waals surface area contributed by atoms with Crippen molar-refractivity contribution in [2.24, 2.45) is 5.92 Å². The molecular weight excluding hydrogens is 172 g/mol. The molecule has 0 spiro atoms. The molecule has 0 aromatic rings. The molecule has 2 nitrogen and oxygen atoms in total. The molecule has 14 heavy (non-hydrogen) atoms. The summed E-state index contributed by atoms with van der Waals surface area (Å²) in [7, 11) is 0. The molecular formula is C12H24N2. The first kappa shape index (κ1) is 10.4. The van der Waals surface area contributed by atoms with Crippen LogP contribution in [0.1, 0.15) is 39.5 Å². The SMILES string of the molecule is CCCC1CNC(C)CN1CC1CC1.